The summed E-state index contributed by atoms with van der Waals surface area (Å²) in [5, 5.41) is 14.0. The van der Waals surface area contributed by atoms with Crippen molar-refractivity contribution in [3.05, 3.63) is 33.9 Å². The molecular formula is C15H24N2O4. The molecule has 118 valence electrons. The molecule has 0 aliphatic heterocycles. The summed E-state index contributed by atoms with van der Waals surface area (Å²) in [6.45, 7) is 9.78. The van der Waals surface area contributed by atoms with Crippen LogP contribution >= 0.6 is 0 Å². The molecule has 1 aromatic rings. The Labute approximate surface area is 125 Å². The van der Waals surface area contributed by atoms with Crippen LogP contribution in [-0.2, 0) is 16.1 Å². The van der Waals surface area contributed by atoms with Crippen LogP contribution in [0.1, 0.15) is 33.3 Å². The minimum absolute atomic E-state index is 0.0730. The van der Waals surface area contributed by atoms with Gasteiger partial charge in [0.1, 0.15) is 5.69 Å². The van der Waals surface area contributed by atoms with Gasteiger partial charge < -0.3 is 14.8 Å². The molecule has 6 nitrogen and oxygen atoms in total. The molecule has 0 unspecified atom stereocenters. The second-order valence-electron chi connectivity index (χ2n) is 5.65. The molecule has 1 rings (SSSR count). The van der Waals surface area contributed by atoms with Crippen molar-refractivity contribution >= 4 is 11.4 Å². The quantitative estimate of drug-likeness (QED) is 0.452. The molecule has 0 heterocycles. The van der Waals surface area contributed by atoms with E-state index in [0.717, 1.165) is 5.56 Å². The number of nitrogens with zero attached hydrogens (tertiary/aromatic N) is 1. The molecule has 0 aliphatic rings. The predicted octanol–water partition coefficient (Wildman–Crippen LogP) is 3.36. The minimum Gasteiger partial charge on any atom is -0.380 e. The number of anilines is 1. The Morgan fingerprint density at radius 1 is 1.29 bits per heavy atom. The van der Waals surface area contributed by atoms with E-state index in [-0.39, 0.29) is 16.2 Å². The van der Waals surface area contributed by atoms with Crippen molar-refractivity contribution in [3.8, 4) is 0 Å². The van der Waals surface area contributed by atoms with Gasteiger partial charge in [-0.25, -0.2) is 0 Å². The zero-order valence-electron chi connectivity index (χ0n) is 13.1. The van der Waals surface area contributed by atoms with E-state index in [0.29, 0.717) is 32.1 Å². The monoisotopic (exact) mass is 296 g/mol. The second-order valence-corrected chi connectivity index (χ2v) is 5.65. The Morgan fingerprint density at radius 3 is 2.57 bits per heavy atom. The molecule has 0 aromatic heterocycles. The van der Waals surface area contributed by atoms with E-state index in [2.05, 4.69) is 5.32 Å². The average molecular weight is 296 g/mol. The van der Waals surface area contributed by atoms with Crippen molar-refractivity contribution in [1.82, 2.24) is 0 Å². The molecule has 0 spiro atoms. The van der Waals surface area contributed by atoms with Gasteiger partial charge in [-0.05, 0) is 39.3 Å². The van der Waals surface area contributed by atoms with Gasteiger partial charge in [0.25, 0.3) is 5.69 Å². The number of benzene rings is 1. The van der Waals surface area contributed by atoms with E-state index in [1.807, 2.05) is 33.8 Å². The summed E-state index contributed by atoms with van der Waals surface area (Å²) in [4.78, 5) is 10.7. The van der Waals surface area contributed by atoms with Crippen LogP contribution in [0.5, 0.6) is 0 Å². The van der Waals surface area contributed by atoms with Gasteiger partial charge in [-0.1, -0.05) is 6.07 Å². The van der Waals surface area contributed by atoms with Crippen molar-refractivity contribution in [2.75, 3.05) is 25.1 Å². The maximum absolute atomic E-state index is 11.0. The number of nitrogens with one attached hydrogen (secondary N) is 1. The average Bonchev–Trinajstić information content (AvgIpc) is 2.38. The van der Waals surface area contributed by atoms with E-state index in [4.69, 9.17) is 9.47 Å². The fourth-order valence-corrected chi connectivity index (χ4v) is 1.75. The van der Waals surface area contributed by atoms with Gasteiger partial charge in [-0.15, -0.1) is 0 Å². The van der Waals surface area contributed by atoms with Crippen molar-refractivity contribution < 1.29 is 14.4 Å². The van der Waals surface area contributed by atoms with Gasteiger partial charge in [0.05, 0.1) is 30.3 Å². The maximum Gasteiger partial charge on any atom is 0.292 e. The highest BCUT2D eigenvalue weighted by Gasteiger charge is 2.14. The summed E-state index contributed by atoms with van der Waals surface area (Å²) in [5.41, 5.74) is 1.20. The van der Waals surface area contributed by atoms with Crippen molar-refractivity contribution in [2.24, 2.45) is 0 Å². The van der Waals surface area contributed by atoms with Crippen LogP contribution in [0.4, 0.5) is 11.4 Å². The summed E-state index contributed by atoms with van der Waals surface area (Å²) in [7, 11) is 0. The molecule has 0 aliphatic carbocycles. The van der Waals surface area contributed by atoms with Gasteiger partial charge in [0, 0.05) is 12.6 Å². The molecule has 1 aromatic carbocycles. The van der Waals surface area contributed by atoms with Gasteiger partial charge in [0.15, 0.2) is 0 Å². The van der Waals surface area contributed by atoms with Gasteiger partial charge in [-0.2, -0.15) is 0 Å². The smallest absolute Gasteiger partial charge is 0.292 e. The van der Waals surface area contributed by atoms with Gasteiger partial charge in [0.2, 0.25) is 0 Å². The van der Waals surface area contributed by atoms with Crippen molar-refractivity contribution in [1.29, 1.82) is 0 Å². The zero-order valence-corrected chi connectivity index (χ0v) is 13.1. The first-order valence-electron chi connectivity index (χ1n) is 7.06. The Kier molecular flexibility index (Phi) is 6.58. The highest BCUT2D eigenvalue weighted by Crippen LogP contribution is 2.25. The fourth-order valence-electron chi connectivity index (χ4n) is 1.75. The molecule has 0 radical (unpaired) electrons. The Hall–Kier alpha value is -1.66. The molecule has 0 bridgehead atoms. The largest absolute Gasteiger partial charge is 0.380 e. The molecular weight excluding hydrogens is 272 g/mol. The summed E-state index contributed by atoms with van der Waals surface area (Å²) >= 11 is 0. The van der Waals surface area contributed by atoms with Crippen molar-refractivity contribution in [2.45, 2.75) is 39.9 Å². The van der Waals surface area contributed by atoms with E-state index >= 15 is 0 Å². The summed E-state index contributed by atoms with van der Waals surface area (Å²) < 4.78 is 11.0. The third kappa shape index (κ3) is 6.55. The molecule has 6 heteroatoms. The Bertz CT molecular complexity index is 469. The number of hydrogen-bond donors (Lipinski definition) is 1. The lowest BCUT2D eigenvalue weighted by Crippen LogP contribution is -2.21. The van der Waals surface area contributed by atoms with Crippen LogP contribution in [0.25, 0.3) is 0 Å². The van der Waals surface area contributed by atoms with Crippen LogP contribution in [0.2, 0.25) is 0 Å². The topological polar surface area (TPSA) is 73.6 Å². The molecule has 0 saturated carbocycles. The predicted molar refractivity (Wildman–Crippen MR) is 82.6 cm³/mol. The number of nitro groups is 1. The summed E-state index contributed by atoms with van der Waals surface area (Å²) in [6.07, 6.45) is 0. The summed E-state index contributed by atoms with van der Waals surface area (Å²) in [5.74, 6) is 0. The third-order valence-corrected chi connectivity index (χ3v) is 2.66. The van der Waals surface area contributed by atoms with Crippen LogP contribution in [0.3, 0.4) is 0 Å². The molecule has 0 atom stereocenters. The number of hydrogen-bond acceptors (Lipinski definition) is 5. The summed E-state index contributed by atoms with van der Waals surface area (Å²) in [6, 6.07) is 5.09. The first kappa shape index (κ1) is 17.4. The fraction of sp³-hybridized carbons (Fsp3) is 0.600. The van der Waals surface area contributed by atoms with Gasteiger partial charge >= 0.3 is 0 Å². The van der Waals surface area contributed by atoms with E-state index < -0.39 is 0 Å². The van der Waals surface area contributed by atoms with Gasteiger partial charge in [-0.3, -0.25) is 10.1 Å². The van der Waals surface area contributed by atoms with Crippen LogP contribution < -0.4 is 5.32 Å². The van der Waals surface area contributed by atoms with Crippen molar-refractivity contribution in [3.63, 3.8) is 0 Å². The van der Waals surface area contributed by atoms with E-state index in [9.17, 15) is 10.1 Å². The molecule has 21 heavy (non-hydrogen) atoms. The SMILES string of the molecule is CCNc1ccc(COCCOC(C)(C)C)cc1[N+](=O)[O-]. The molecule has 0 amide bonds. The normalized spacial score (nSPS) is 11.4. The van der Waals surface area contributed by atoms with Crippen LogP contribution in [0.15, 0.2) is 18.2 Å². The van der Waals surface area contributed by atoms with Crippen LogP contribution in [0, 0.1) is 10.1 Å². The lowest BCUT2D eigenvalue weighted by molar-refractivity contribution is -0.384. The Balaban J connectivity index is 2.52. The lowest BCUT2D eigenvalue weighted by Gasteiger charge is -2.19. The molecule has 0 fully saturated rings. The number of rotatable bonds is 8. The number of nitro benzene ring substituents is 1. The molecule has 0 saturated heterocycles. The maximum atomic E-state index is 11.0. The first-order chi connectivity index (χ1) is 9.83. The lowest BCUT2D eigenvalue weighted by atomic mass is 10.2. The second kappa shape index (κ2) is 7.95. The first-order valence-corrected chi connectivity index (χ1v) is 7.06. The highest BCUT2D eigenvalue weighted by molar-refractivity contribution is 5.62. The van der Waals surface area contributed by atoms with Crippen LogP contribution in [-0.4, -0.2) is 30.3 Å². The number of ether oxygens (including phenoxy) is 2. The Morgan fingerprint density at radius 2 is 2.00 bits per heavy atom. The third-order valence-electron chi connectivity index (χ3n) is 2.66. The molecule has 1 N–H and O–H groups in total. The zero-order chi connectivity index (χ0) is 15.9. The highest BCUT2D eigenvalue weighted by atomic mass is 16.6. The van der Waals surface area contributed by atoms with E-state index in [1.54, 1.807) is 12.1 Å². The van der Waals surface area contributed by atoms with E-state index in [1.165, 1.54) is 0 Å². The standard InChI is InChI=1S/C15H24N2O4/c1-5-16-13-7-6-12(10-14(13)17(18)19)11-20-8-9-21-15(2,3)4/h6-7,10,16H,5,8-9,11H2,1-4H3. The minimum atomic E-state index is -0.385.